The van der Waals surface area contributed by atoms with Crippen LogP contribution >= 0.6 is 22.9 Å². The SMILES string of the molecule is CC(=O)NCC1CCn2ncc(C(=O)N3CCc4sc(Cl)cc4C3)c2C1. The molecule has 0 aliphatic carbocycles. The molecule has 1 unspecified atom stereocenters. The number of aryl methyl sites for hydroxylation is 1. The Bertz CT molecular complexity index is 859. The number of fused-ring (bicyclic) bond motifs is 2. The topological polar surface area (TPSA) is 67.2 Å². The number of carbonyl (C=O) groups excluding carboxylic acids is 2. The molecule has 0 aromatic carbocycles. The zero-order chi connectivity index (χ0) is 18.3. The minimum atomic E-state index is -0.0149. The maximum Gasteiger partial charge on any atom is 0.257 e. The Kier molecular flexibility index (Phi) is 4.75. The Hall–Kier alpha value is -1.86. The highest BCUT2D eigenvalue weighted by molar-refractivity contribution is 7.16. The number of amides is 2. The summed E-state index contributed by atoms with van der Waals surface area (Å²) in [6.45, 7) is 4.29. The monoisotopic (exact) mass is 392 g/mol. The first-order valence-corrected chi connectivity index (χ1v) is 10.1. The van der Waals surface area contributed by atoms with E-state index in [1.165, 1.54) is 11.8 Å². The van der Waals surface area contributed by atoms with E-state index in [1.807, 2.05) is 15.6 Å². The summed E-state index contributed by atoms with van der Waals surface area (Å²) in [6.07, 6.45) is 4.29. The molecule has 4 heterocycles. The van der Waals surface area contributed by atoms with Gasteiger partial charge in [-0.2, -0.15) is 5.10 Å². The summed E-state index contributed by atoms with van der Waals surface area (Å²) < 4.78 is 2.72. The molecule has 2 aliphatic rings. The van der Waals surface area contributed by atoms with Gasteiger partial charge in [-0.3, -0.25) is 14.3 Å². The number of hydrogen-bond acceptors (Lipinski definition) is 4. The van der Waals surface area contributed by atoms with Crippen LogP contribution in [-0.2, 0) is 30.7 Å². The standard InChI is InChI=1S/C18H21ClN4O2S/c1-11(24)20-8-12-2-5-23-15(6-12)14(9-21-23)18(25)22-4-3-16-13(10-22)7-17(19)26-16/h7,9,12H,2-6,8,10H2,1H3,(H,20,24). The molecule has 138 valence electrons. The van der Waals surface area contributed by atoms with E-state index in [0.717, 1.165) is 41.4 Å². The fraction of sp³-hybridized carbons (Fsp3) is 0.500. The molecule has 4 rings (SSSR count). The predicted octanol–water partition coefficient (Wildman–Crippen LogP) is 2.50. The molecule has 0 fully saturated rings. The minimum Gasteiger partial charge on any atom is -0.356 e. The molecule has 26 heavy (non-hydrogen) atoms. The summed E-state index contributed by atoms with van der Waals surface area (Å²) in [5.74, 6) is 0.372. The molecule has 2 aromatic heterocycles. The van der Waals surface area contributed by atoms with Crippen molar-refractivity contribution in [3.8, 4) is 0 Å². The summed E-state index contributed by atoms with van der Waals surface area (Å²) >= 11 is 7.72. The number of hydrogen-bond donors (Lipinski definition) is 1. The van der Waals surface area contributed by atoms with E-state index in [-0.39, 0.29) is 11.8 Å². The van der Waals surface area contributed by atoms with Gasteiger partial charge in [0.1, 0.15) is 0 Å². The van der Waals surface area contributed by atoms with Crippen LogP contribution in [0.1, 0.15) is 39.8 Å². The number of nitrogens with zero attached hydrogens (tertiary/aromatic N) is 3. The number of thiophene rings is 1. The van der Waals surface area contributed by atoms with Crippen molar-refractivity contribution in [2.45, 2.75) is 39.3 Å². The van der Waals surface area contributed by atoms with Crippen molar-refractivity contribution in [3.05, 3.63) is 38.3 Å². The van der Waals surface area contributed by atoms with Crippen molar-refractivity contribution in [1.82, 2.24) is 20.0 Å². The van der Waals surface area contributed by atoms with Crippen molar-refractivity contribution in [2.24, 2.45) is 5.92 Å². The van der Waals surface area contributed by atoms with Gasteiger partial charge in [0.05, 0.1) is 21.8 Å². The van der Waals surface area contributed by atoms with E-state index in [4.69, 9.17) is 11.6 Å². The molecule has 2 amide bonds. The molecule has 2 aliphatic heterocycles. The Morgan fingerprint density at radius 2 is 2.27 bits per heavy atom. The summed E-state index contributed by atoms with van der Waals surface area (Å²) in [6, 6.07) is 1.97. The van der Waals surface area contributed by atoms with Crippen LogP contribution in [0.15, 0.2) is 12.3 Å². The average molecular weight is 393 g/mol. The Balaban J connectivity index is 1.50. The van der Waals surface area contributed by atoms with Crippen LogP contribution in [0.3, 0.4) is 0 Å². The highest BCUT2D eigenvalue weighted by Crippen LogP contribution is 2.32. The first-order valence-electron chi connectivity index (χ1n) is 8.86. The van der Waals surface area contributed by atoms with Gasteiger partial charge in [0.25, 0.3) is 5.91 Å². The smallest absolute Gasteiger partial charge is 0.257 e. The van der Waals surface area contributed by atoms with Crippen molar-refractivity contribution >= 4 is 34.8 Å². The van der Waals surface area contributed by atoms with Crippen molar-refractivity contribution in [1.29, 1.82) is 0 Å². The van der Waals surface area contributed by atoms with E-state index in [1.54, 1.807) is 17.5 Å². The number of halogens is 1. The maximum atomic E-state index is 13.1. The second-order valence-corrected chi connectivity index (χ2v) is 8.77. The fourth-order valence-corrected chi connectivity index (χ4v) is 5.08. The molecule has 0 radical (unpaired) electrons. The molecule has 1 N–H and O–H groups in total. The zero-order valence-electron chi connectivity index (χ0n) is 14.6. The van der Waals surface area contributed by atoms with Crippen LogP contribution < -0.4 is 5.32 Å². The zero-order valence-corrected chi connectivity index (χ0v) is 16.2. The van der Waals surface area contributed by atoms with Gasteiger partial charge in [0.15, 0.2) is 0 Å². The van der Waals surface area contributed by atoms with Crippen LogP contribution in [-0.4, -0.2) is 39.6 Å². The predicted molar refractivity (Wildman–Crippen MR) is 100 cm³/mol. The molecule has 0 spiro atoms. The van der Waals surface area contributed by atoms with Crippen LogP contribution in [0.25, 0.3) is 0 Å². The van der Waals surface area contributed by atoms with Gasteiger partial charge >= 0.3 is 0 Å². The molecular formula is C18H21ClN4O2S. The van der Waals surface area contributed by atoms with Crippen LogP contribution in [0.2, 0.25) is 4.34 Å². The third-order valence-corrected chi connectivity index (χ3v) is 6.54. The molecule has 8 heteroatoms. The van der Waals surface area contributed by atoms with E-state index in [2.05, 4.69) is 10.4 Å². The minimum absolute atomic E-state index is 0.0149. The Morgan fingerprint density at radius 3 is 3.08 bits per heavy atom. The van der Waals surface area contributed by atoms with Gasteiger partial charge in [0, 0.05) is 38.0 Å². The van der Waals surface area contributed by atoms with E-state index in [9.17, 15) is 9.59 Å². The van der Waals surface area contributed by atoms with Gasteiger partial charge in [-0.15, -0.1) is 11.3 Å². The first-order chi connectivity index (χ1) is 12.5. The van der Waals surface area contributed by atoms with Gasteiger partial charge in [0.2, 0.25) is 5.91 Å². The highest BCUT2D eigenvalue weighted by atomic mass is 35.5. The lowest BCUT2D eigenvalue weighted by atomic mass is 9.94. The van der Waals surface area contributed by atoms with Gasteiger partial charge in [-0.25, -0.2) is 0 Å². The first kappa shape index (κ1) is 17.5. The lowest BCUT2D eigenvalue weighted by Crippen LogP contribution is -2.37. The lowest BCUT2D eigenvalue weighted by molar-refractivity contribution is -0.119. The molecule has 6 nitrogen and oxygen atoms in total. The summed E-state index contributed by atoms with van der Waals surface area (Å²) in [4.78, 5) is 27.4. The molecular weight excluding hydrogens is 372 g/mol. The number of rotatable bonds is 3. The van der Waals surface area contributed by atoms with Gasteiger partial charge in [-0.05, 0) is 36.8 Å². The van der Waals surface area contributed by atoms with Crippen molar-refractivity contribution in [3.63, 3.8) is 0 Å². The van der Waals surface area contributed by atoms with E-state index < -0.39 is 0 Å². The van der Waals surface area contributed by atoms with Crippen LogP contribution in [0, 0.1) is 5.92 Å². The maximum absolute atomic E-state index is 13.1. The van der Waals surface area contributed by atoms with Crippen molar-refractivity contribution in [2.75, 3.05) is 13.1 Å². The quantitative estimate of drug-likeness (QED) is 0.872. The van der Waals surface area contributed by atoms with E-state index in [0.29, 0.717) is 31.1 Å². The molecule has 0 saturated heterocycles. The van der Waals surface area contributed by atoms with E-state index >= 15 is 0 Å². The largest absolute Gasteiger partial charge is 0.356 e. The fourth-order valence-electron chi connectivity index (χ4n) is 3.78. The average Bonchev–Trinajstić information content (AvgIpc) is 3.20. The normalized spacial score (nSPS) is 19.0. The second-order valence-electron chi connectivity index (χ2n) is 7.00. The molecule has 0 bridgehead atoms. The van der Waals surface area contributed by atoms with Crippen molar-refractivity contribution < 1.29 is 9.59 Å². The summed E-state index contributed by atoms with van der Waals surface area (Å²) in [7, 11) is 0. The second kappa shape index (κ2) is 7.04. The number of nitrogens with one attached hydrogen (secondary N) is 1. The van der Waals surface area contributed by atoms with Crippen LogP contribution in [0.4, 0.5) is 0 Å². The summed E-state index contributed by atoms with van der Waals surface area (Å²) in [5.41, 5.74) is 2.84. The third kappa shape index (κ3) is 3.38. The summed E-state index contributed by atoms with van der Waals surface area (Å²) in [5, 5.41) is 7.30. The molecule has 1 atom stereocenters. The Morgan fingerprint density at radius 1 is 1.42 bits per heavy atom. The Labute approximate surface area is 161 Å². The number of aromatic nitrogens is 2. The molecule has 0 saturated carbocycles. The van der Waals surface area contributed by atoms with Gasteiger partial charge in [-0.1, -0.05) is 11.6 Å². The third-order valence-electron chi connectivity index (χ3n) is 5.17. The van der Waals surface area contributed by atoms with Gasteiger partial charge < -0.3 is 10.2 Å². The lowest BCUT2D eigenvalue weighted by Gasteiger charge is -2.28. The number of carbonyl (C=O) groups is 2. The molecule has 2 aromatic rings. The highest BCUT2D eigenvalue weighted by Gasteiger charge is 2.29. The van der Waals surface area contributed by atoms with Crippen LogP contribution in [0.5, 0.6) is 0 Å².